The number of nitrogens with one attached hydrogen (secondary N) is 1. The maximum Gasteiger partial charge on any atom is 0.245 e. The topological polar surface area (TPSA) is 86.8 Å². The molecule has 10 heteroatoms. The number of carbonyl (C=O) groups excluding carboxylic acids is 2. The van der Waals surface area contributed by atoms with Gasteiger partial charge in [0.1, 0.15) is 10.7 Å². The minimum atomic E-state index is -3.97. The summed E-state index contributed by atoms with van der Waals surface area (Å²) in [6, 6.07) is 7.85. The summed E-state index contributed by atoms with van der Waals surface area (Å²) in [5, 5.41) is 2.71. The summed E-state index contributed by atoms with van der Waals surface area (Å²) in [5.74, 6) is -1.45. The van der Waals surface area contributed by atoms with Crippen LogP contribution in [0.2, 0.25) is 0 Å². The fourth-order valence-electron chi connectivity index (χ4n) is 4.53. The van der Waals surface area contributed by atoms with Gasteiger partial charge in [-0.25, -0.2) is 12.8 Å². The quantitative estimate of drug-likeness (QED) is 0.602. The zero-order valence-corrected chi connectivity index (χ0v) is 21.5. The van der Waals surface area contributed by atoms with Crippen LogP contribution in [0.25, 0.3) is 0 Å². The van der Waals surface area contributed by atoms with Crippen molar-refractivity contribution in [1.29, 1.82) is 0 Å². The number of hydrogen-bond acceptors (Lipinski definition) is 4. The highest BCUT2D eigenvalue weighted by Gasteiger charge is 2.38. The normalized spacial score (nSPS) is 18.6. The molecule has 34 heavy (non-hydrogen) atoms. The van der Waals surface area contributed by atoms with Crippen molar-refractivity contribution in [3.05, 3.63) is 51.7 Å². The van der Waals surface area contributed by atoms with Crippen molar-refractivity contribution < 1.29 is 22.4 Å². The lowest BCUT2D eigenvalue weighted by Crippen LogP contribution is -2.44. The van der Waals surface area contributed by atoms with Crippen LogP contribution >= 0.6 is 15.9 Å². The zero-order valence-electron chi connectivity index (χ0n) is 19.1. The summed E-state index contributed by atoms with van der Waals surface area (Å²) >= 11 is 3.41. The van der Waals surface area contributed by atoms with Crippen molar-refractivity contribution >= 4 is 49.1 Å². The predicted molar refractivity (Wildman–Crippen MR) is 132 cm³/mol. The van der Waals surface area contributed by atoms with Crippen LogP contribution in [0.4, 0.5) is 15.8 Å². The number of sulfonamides is 1. The lowest BCUT2D eigenvalue weighted by atomic mass is 9.98. The van der Waals surface area contributed by atoms with Gasteiger partial charge in [0.25, 0.3) is 0 Å². The molecular weight excluding hydrogens is 525 g/mol. The van der Waals surface area contributed by atoms with Gasteiger partial charge >= 0.3 is 0 Å². The van der Waals surface area contributed by atoms with E-state index < -0.39 is 21.8 Å². The van der Waals surface area contributed by atoms with Crippen molar-refractivity contribution in [2.24, 2.45) is 5.92 Å². The van der Waals surface area contributed by atoms with Gasteiger partial charge in [0.05, 0.1) is 11.6 Å². The third-order valence-electron chi connectivity index (χ3n) is 6.41. The van der Waals surface area contributed by atoms with E-state index >= 15 is 0 Å². The molecule has 2 amide bonds. The molecule has 1 N–H and O–H groups in total. The van der Waals surface area contributed by atoms with Gasteiger partial charge in [-0.05, 0) is 61.6 Å². The standard InChI is InChI=1S/C24H27BrFN3O4S/c1-3-22(30)29-10-8-16-11-18(25)12-21(23(16)29)34(32,33)28-9-4-5-17(14-28)24(31)27-19-7-6-15(2)20(26)13-19/h6-7,11-13,17H,3-5,8-10,14H2,1-2H3,(H,27,31). The second kappa shape index (κ2) is 9.75. The van der Waals surface area contributed by atoms with Crippen molar-refractivity contribution in [2.45, 2.75) is 44.4 Å². The van der Waals surface area contributed by atoms with E-state index in [0.29, 0.717) is 47.2 Å². The van der Waals surface area contributed by atoms with E-state index in [1.54, 1.807) is 30.9 Å². The Morgan fingerprint density at radius 3 is 2.68 bits per heavy atom. The Labute approximate surface area is 207 Å². The number of hydrogen-bond donors (Lipinski definition) is 1. The van der Waals surface area contributed by atoms with Crippen molar-refractivity contribution in [3.8, 4) is 0 Å². The molecule has 1 atom stereocenters. The Hall–Kier alpha value is -2.30. The second-order valence-electron chi connectivity index (χ2n) is 8.72. The first-order valence-corrected chi connectivity index (χ1v) is 13.5. The first kappa shape index (κ1) is 24.8. The van der Waals surface area contributed by atoms with Gasteiger partial charge < -0.3 is 10.2 Å². The number of benzene rings is 2. The molecule has 0 spiro atoms. The summed E-state index contributed by atoms with van der Waals surface area (Å²) in [5.41, 5.74) is 2.07. The van der Waals surface area contributed by atoms with E-state index in [2.05, 4.69) is 21.2 Å². The summed E-state index contributed by atoms with van der Waals surface area (Å²) in [4.78, 5) is 27.0. The smallest absolute Gasteiger partial charge is 0.245 e. The molecule has 1 saturated heterocycles. The number of anilines is 2. The lowest BCUT2D eigenvalue weighted by molar-refractivity contribution is -0.121. The Balaban J connectivity index is 1.59. The van der Waals surface area contributed by atoms with Gasteiger partial charge in [0, 0.05) is 36.2 Å². The summed E-state index contributed by atoms with van der Waals surface area (Å²) in [7, 11) is -3.97. The molecule has 4 rings (SSSR count). The first-order chi connectivity index (χ1) is 16.1. The Morgan fingerprint density at radius 2 is 1.97 bits per heavy atom. The van der Waals surface area contributed by atoms with E-state index in [9.17, 15) is 22.4 Å². The van der Waals surface area contributed by atoms with Gasteiger partial charge in [-0.3, -0.25) is 9.59 Å². The molecule has 182 valence electrons. The number of fused-ring (bicyclic) bond motifs is 1. The van der Waals surface area contributed by atoms with E-state index in [1.165, 1.54) is 16.4 Å². The van der Waals surface area contributed by atoms with Crippen LogP contribution in [-0.4, -0.2) is 44.2 Å². The van der Waals surface area contributed by atoms with Gasteiger partial charge in [0.15, 0.2) is 0 Å². The third kappa shape index (κ3) is 4.76. The maximum absolute atomic E-state index is 13.9. The average Bonchev–Trinajstić information content (AvgIpc) is 3.24. The number of halogens is 2. The number of carbonyl (C=O) groups is 2. The number of rotatable bonds is 5. The van der Waals surface area contributed by atoms with E-state index in [-0.39, 0.29) is 36.2 Å². The van der Waals surface area contributed by atoms with Crippen LogP contribution in [0.5, 0.6) is 0 Å². The highest BCUT2D eigenvalue weighted by Crippen LogP contribution is 2.40. The van der Waals surface area contributed by atoms with Crippen LogP contribution in [0, 0.1) is 18.7 Å². The SMILES string of the molecule is CCC(=O)N1CCc2cc(Br)cc(S(=O)(=O)N3CCCC(C(=O)Nc4ccc(C)c(F)c4)C3)c21. The van der Waals surface area contributed by atoms with Crippen LogP contribution in [0.3, 0.4) is 0 Å². The number of aryl methyl sites for hydroxylation is 1. The van der Waals surface area contributed by atoms with Crippen LogP contribution < -0.4 is 10.2 Å². The zero-order chi connectivity index (χ0) is 24.6. The maximum atomic E-state index is 13.9. The highest BCUT2D eigenvalue weighted by atomic mass is 79.9. The minimum Gasteiger partial charge on any atom is -0.326 e. The Kier molecular flexibility index (Phi) is 7.12. The fourth-order valence-corrected chi connectivity index (χ4v) is 6.98. The molecule has 2 aromatic rings. The molecule has 7 nitrogen and oxygen atoms in total. The van der Waals surface area contributed by atoms with Crippen LogP contribution in [0.1, 0.15) is 37.3 Å². The van der Waals surface area contributed by atoms with Gasteiger partial charge in [0.2, 0.25) is 21.8 Å². The Morgan fingerprint density at radius 1 is 1.21 bits per heavy atom. The van der Waals surface area contributed by atoms with Gasteiger partial charge in [-0.1, -0.05) is 28.9 Å². The van der Waals surface area contributed by atoms with Crippen LogP contribution in [-0.2, 0) is 26.0 Å². The van der Waals surface area contributed by atoms with E-state index in [0.717, 1.165) is 5.56 Å². The first-order valence-electron chi connectivity index (χ1n) is 11.3. The molecule has 2 aliphatic rings. The molecule has 1 fully saturated rings. The van der Waals surface area contributed by atoms with E-state index in [4.69, 9.17) is 0 Å². The van der Waals surface area contributed by atoms with Gasteiger partial charge in [-0.15, -0.1) is 0 Å². The highest BCUT2D eigenvalue weighted by molar-refractivity contribution is 9.10. The van der Waals surface area contributed by atoms with Crippen molar-refractivity contribution in [1.82, 2.24) is 4.31 Å². The molecule has 0 bridgehead atoms. The summed E-state index contributed by atoms with van der Waals surface area (Å²) in [6.07, 6.45) is 1.92. The second-order valence-corrected chi connectivity index (χ2v) is 11.5. The van der Waals surface area contributed by atoms with Crippen molar-refractivity contribution in [3.63, 3.8) is 0 Å². The molecule has 0 aromatic heterocycles. The molecule has 2 heterocycles. The molecular formula is C24H27BrFN3O4S. The largest absolute Gasteiger partial charge is 0.326 e. The Bertz CT molecular complexity index is 1250. The number of amides is 2. The van der Waals surface area contributed by atoms with Gasteiger partial charge in [-0.2, -0.15) is 4.31 Å². The number of nitrogens with zero attached hydrogens (tertiary/aromatic N) is 2. The monoisotopic (exact) mass is 551 g/mol. The predicted octanol–water partition coefficient (Wildman–Crippen LogP) is 4.24. The molecule has 2 aliphatic heterocycles. The average molecular weight is 552 g/mol. The lowest BCUT2D eigenvalue weighted by Gasteiger charge is -2.32. The molecule has 0 radical (unpaired) electrons. The van der Waals surface area contributed by atoms with Crippen LogP contribution in [0.15, 0.2) is 39.7 Å². The van der Waals surface area contributed by atoms with E-state index in [1.807, 2.05) is 6.07 Å². The number of piperidine rings is 1. The summed E-state index contributed by atoms with van der Waals surface area (Å²) < 4.78 is 43.3. The third-order valence-corrected chi connectivity index (χ3v) is 8.75. The van der Waals surface area contributed by atoms with Crippen molar-refractivity contribution in [2.75, 3.05) is 29.9 Å². The molecule has 1 unspecified atom stereocenters. The minimum absolute atomic E-state index is 0.0194. The molecule has 0 aliphatic carbocycles. The molecule has 2 aromatic carbocycles. The summed E-state index contributed by atoms with van der Waals surface area (Å²) in [6.45, 7) is 4.14. The fraction of sp³-hybridized carbons (Fsp3) is 0.417. The molecule has 0 saturated carbocycles.